The fraction of sp³-hybridized carbons (Fsp3) is 0.200. The third-order valence-corrected chi connectivity index (χ3v) is 4.01. The Morgan fingerprint density at radius 3 is 2.54 bits per heavy atom. The topological polar surface area (TPSA) is 55.4 Å². The average molecular weight is 376 g/mol. The lowest BCUT2D eigenvalue weighted by Crippen LogP contribution is -2.29. The summed E-state index contributed by atoms with van der Waals surface area (Å²) in [6.45, 7) is 3.49. The van der Waals surface area contributed by atoms with Crippen molar-refractivity contribution >= 4 is 35.2 Å². The van der Waals surface area contributed by atoms with Crippen molar-refractivity contribution in [3.63, 3.8) is 0 Å². The van der Waals surface area contributed by atoms with Crippen LogP contribution in [0.25, 0.3) is 6.08 Å². The molecule has 0 spiro atoms. The molecule has 1 atom stereocenters. The summed E-state index contributed by atoms with van der Waals surface area (Å²) in [5.74, 6) is -1.78. The van der Waals surface area contributed by atoms with E-state index in [2.05, 4.69) is 5.32 Å². The van der Waals surface area contributed by atoms with Crippen LogP contribution in [0.2, 0.25) is 5.02 Å². The zero-order valence-corrected chi connectivity index (χ0v) is 15.2. The molecule has 2 aromatic rings. The molecule has 0 aliphatic rings. The summed E-state index contributed by atoms with van der Waals surface area (Å²) in [6.07, 6.45) is 2.15. The van der Waals surface area contributed by atoms with Crippen LogP contribution in [0.1, 0.15) is 25.0 Å². The van der Waals surface area contributed by atoms with Crippen molar-refractivity contribution in [1.82, 2.24) is 0 Å². The quantitative estimate of drug-likeness (QED) is 0.591. The van der Waals surface area contributed by atoms with Crippen LogP contribution in [0, 0.1) is 5.82 Å². The lowest BCUT2D eigenvalue weighted by Gasteiger charge is -2.12. The standard InChI is InChI=1S/C20H19ClFNO3/c1-3-14-7-9-15(10-8-14)23-20(25)13(2)26-19(24)12-11-16-17(21)5-4-6-18(16)22/h4-13H,3H2,1-2H3,(H,23,25)/b12-11+/t13-/m1/s1. The summed E-state index contributed by atoms with van der Waals surface area (Å²) in [5.41, 5.74) is 1.85. The summed E-state index contributed by atoms with van der Waals surface area (Å²) in [6, 6.07) is 11.6. The van der Waals surface area contributed by atoms with Crippen molar-refractivity contribution < 1.29 is 18.7 Å². The number of nitrogens with one attached hydrogen (secondary N) is 1. The van der Waals surface area contributed by atoms with E-state index < -0.39 is 23.8 Å². The van der Waals surface area contributed by atoms with Crippen molar-refractivity contribution in [3.8, 4) is 0 Å². The maximum Gasteiger partial charge on any atom is 0.331 e. The molecule has 0 fully saturated rings. The van der Waals surface area contributed by atoms with Crippen molar-refractivity contribution in [2.24, 2.45) is 0 Å². The minimum absolute atomic E-state index is 0.0826. The molecular weight excluding hydrogens is 357 g/mol. The molecule has 1 N–H and O–H groups in total. The molecule has 0 aromatic heterocycles. The van der Waals surface area contributed by atoms with Crippen molar-refractivity contribution in [2.45, 2.75) is 26.4 Å². The minimum atomic E-state index is -1.01. The number of aryl methyl sites for hydroxylation is 1. The number of halogens is 2. The summed E-state index contributed by atoms with van der Waals surface area (Å²) in [7, 11) is 0. The predicted octanol–water partition coefficient (Wildman–Crippen LogP) is 4.63. The average Bonchev–Trinajstić information content (AvgIpc) is 2.61. The van der Waals surface area contributed by atoms with Crippen molar-refractivity contribution in [2.75, 3.05) is 5.32 Å². The highest BCUT2D eigenvalue weighted by atomic mass is 35.5. The van der Waals surface area contributed by atoms with Gasteiger partial charge in [-0.3, -0.25) is 4.79 Å². The molecule has 0 aliphatic heterocycles. The monoisotopic (exact) mass is 375 g/mol. The molecule has 0 bridgehead atoms. The van der Waals surface area contributed by atoms with Crippen LogP contribution >= 0.6 is 11.6 Å². The maximum absolute atomic E-state index is 13.6. The lowest BCUT2D eigenvalue weighted by molar-refractivity contribution is -0.148. The molecular formula is C20H19ClFNO3. The van der Waals surface area contributed by atoms with Gasteiger partial charge in [-0.2, -0.15) is 0 Å². The van der Waals surface area contributed by atoms with Gasteiger partial charge in [0, 0.05) is 17.3 Å². The largest absolute Gasteiger partial charge is 0.449 e. The number of esters is 1. The Kier molecular flexibility index (Phi) is 6.92. The summed E-state index contributed by atoms with van der Waals surface area (Å²) < 4.78 is 18.7. The van der Waals surface area contributed by atoms with Crippen LogP contribution in [0.5, 0.6) is 0 Å². The first-order valence-corrected chi connectivity index (χ1v) is 8.51. The van der Waals surface area contributed by atoms with E-state index in [9.17, 15) is 14.0 Å². The second-order valence-corrected chi connectivity index (χ2v) is 5.99. The van der Waals surface area contributed by atoms with Crippen LogP contribution in [0.3, 0.4) is 0 Å². The molecule has 0 saturated heterocycles. The first-order chi connectivity index (χ1) is 12.4. The van der Waals surface area contributed by atoms with Crippen LogP contribution in [0.15, 0.2) is 48.5 Å². The van der Waals surface area contributed by atoms with Crippen LogP contribution in [0.4, 0.5) is 10.1 Å². The van der Waals surface area contributed by atoms with E-state index in [4.69, 9.17) is 16.3 Å². The maximum atomic E-state index is 13.6. The van der Waals surface area contributed by atoms with Crippen LogP contribution in [-0.4, -0.2) is 18.0 Å². The van der Waals surface area contributed by atoms with Gasteiger partial charge in [-0.05, 0) is 49.2 Å². The van der Waals surface area contributed by atoms with E-state index in [1.807, 2.05) is 19.1 Å². The van der Waals surface area contributed by atoms with Crippen LogP contribution < -0.4 is 5.32 Å². The Bertz CT molecular complexity index is 798. The molecule has 2 rings (SSSR count). The number of benzene rings is 2. The Morgan fingerprint density at radius 1 is 1.23 bits per heavy atom. The van der Waals surface area contributed by atoms with Gasteiger partial charge in [0.1, 0.15) is 5.82 Å². The van der Waals surface area contributed by atoms with E-state index in [0.29, 0.717) is 5.69 Å². The number of carbonyl (C=O) groups excluding carboxylic acids is 2. The Labute approximate surface area is 156 Å². The molecule has 4 nitrogen and oxygen atoms in total. The van der Waals surface area contributed by atoms with Crippen molar-refractivity contribution in [3.05, 3.63) is 70.5 Å². The van der Waals surface area contributed by atoms with Crippen LogP contribution in [-0.2, 0) is 20.7 Å². The third kappa shape index (κ3) is 5.43. The normalized spacial score (nSPS) is 12.0. The number of amides is 1. The molecule has 0 unspecified atom stereocenters. The third-order valence-electron chi connectivity index (χ3n) is 3.68. The SMILES string of the molecule is CCc1ccc(NC(=O)[C@@H](C)OC(=O)/C=C/c2c(F)cccc2Cl)cc1. The molecule has 136 valence electrons. The summed E-state index contributed by atoms with van der Waals surface area (Å²) in [4.78, 5) is 23.9. The van der Waals surface area contributed by atoms with E-state index in [1.165, 1.54) is 31.2 Å². The first-order valence-electron chi connectivity index (χ1n) is 8.13. The van der Waals surface area contributed by atoms with E-state index in [0.717, 1.165) is 18.1 Å². The summed E-state index contributed by atoms with van der Waals surface area (Å²) >= 11 is 5.87. The number of carbonyl (C=O) groups is 2. The van der Waals surface area contributed by atoms with Gasteiger partial charge >= 0.3 is 5.97 Å². The molecule has 0 heterocycles. The Balaban J connectivity index is 1.93. The van der Waals surface area contributed by atoms with Gasteiger partial charge in [0.15, 0.2) is 6.10 Å². The molecule has 26 heavy (non-hydrogen) atoms. The number of anilines is 1. The Morgan fingerprint density at radius 2 is 1.92 bits per heavy atom. The lowest BCUT2D eigenvalue weighted by atomic mass is 10.1. The van der Waals surface area contributed by atoms with E-state index >= 15 is 0 Å². The zero-order chi connectivity index (χ0) is 19.1. The molecule has 2 aromatic carbocycles. The highest BCUT2D eigenvalue weighted by Crippen LogP contribution is 2.20. The Hall–Kier alpha value is -2.66. The smallest absolute Gasteiger partial charge is 0.331 e. The fourth-order valence-electron chi connectivity index (χ4n) is 2.16. The molecule has 0 aliphatic carbocycles. The van der Waals surface area contributed by atoms with E-state index in [1.54, 1.807) is 12.1 Å². The van der Waals surface area contributed by atoms with Gasteiger partial charge in [-0.25, -0.2) is 9.18 Å². The van der Waals surface area contributed by atoms with Gasteiger partial charge < -0.3 is 10.1 Å². The number of hydrogen-bond donors (Lipinski definition) is 1. The number of rotatable bonds is 6. The fourth-order valence-corrected chi connectivity index (χ4v) is 2.38. The number of ether oxygens (including phenoxy) is 1. The van der Waals surface area contributed by atoms with Gasteiger partial charge in [0.05, 0.1) is 5.02 Å². The molecule has 0 saturated carbocycles. The molecule has 1 amide bonds. The van der Waals surface area contributed by atoms with Gasteiger partial charge in [-0.1, -0.05) is 36.7 Å². The summed E-state index contributed by atoms with van der Waals surface area (Å²) in [5, 5.41) is 2.85. The zero-order valence-electron chi connectivity index (χ0n) is 14.5. The molecule has 0 radical (unpaired) electrons. The van der Waals surface area contributed by atoms with Gasteiger partial charge in [0.2, 0.25) is 0 Å². The second-order valence-electron chi connectivity index (χ2n) is 5.59. The highest BCUT2D eigenvalue weighted by Gasteiger charge is 2.17. The molecule has 6 heteroatoms. The highest BCUT2D eigenvalue weighted by molar-refractivity contribution is 6.32. The minimum Gasteiger partial charge on any atom is -0.449 e. The van der Waals surface area contributed by atoms with E-state index in [-0.39, 0.29) is 10.6 Å². The number of hydrogen-bond acceptors (Lipinski definition) is 3. The predicted molar refractivity (Wildman–Crippen MR) is 100 cm³/mol. The van der Waals surface area contributed by atoms with Crippen molar-refractivity contribution in [1.29, 1.82) is 0 Å². The second kappa shape index (κ2) is 9.15. The first kappa shape index (κ1) is 19.7. The van der Waals surface area contributed by atoms with Gasteiger partial charge in [0.25, 0.3) is 5.91 Å². The van der Waals surface area contributed by atoms with Gasteiger partial charge in [-0.15, -0.1) is 0 Å².